The van der Waals surface area contributed by atoms with Gasteiger partial charge < -0.3 is 5.11 Å². The molecule has 3 heteroatoms. The molecule has 0 bridgehead atoms. The van der Waals surface area contributed by atoms with Gasteiger partial charge in [-0.15, -0.1) is 0 Å². The predicted octanol–water partition coefficient (Wildman–Crippen LogP) is 3.88. The Morgan fingerprint density at radius 3 is 2.33 bits per heavy atom. The molecule has 1 N–H and O–H groups in total. The van der Waals surface area contributed by atoms with Crippen molar-refractivity contribution in [1.82, 2.24) is 9.78 Å². The predicted molar refractivity (Wildman–Crippen MR) is 76.0 cm³/mol. The van der Waals surface area contributed by atoms with Crippen molar-refractivity contribution in [2.45, 2.75) is 72.8 Å². The van der Waals surface area contributed by atoms with Gasteiger partial charge in [0.05, 0.1) is 5.69 Å². The van der Waals surface area contributed by atoms with Gasteiger partial charge in [-0.1, -0.05) is 48.0 Å². The standard InChI is InChI=1S/C15H28N2O/c1-7-8-9-12-13(18)14(15(4,5)6)16-17(12)10-11(2)3/h11,18H,7-10H2,1-6H3. The van der Waals surface area contributed by atoms with Crippen LogP contribution < -0.4 is 0 Å². The molecular formula is C15H28N2O. The number of hydrogen-bond donors (Lipinski definition) is 1. The highest BCUT2D eigenvalue weighted by Crippen LogP contribution is 2.33. The van der Waals surface area contributed by atoms with E-state index in [1.165, 1.54) is 0 Å². The molecule has 0 aliphatic heterocycles. The van der Waals surface area contributed by atoms with E-state index in [9.17, 15) is 5.11 Å². The number of rotatable bonds is 5. The highest BCUT2D eigenvalue weighted by molar-refractivity contribution is 5.36. The Balaban J connectivity index is 3.14. The Kier molecular flexibility index (Phi) is 4.83. The Hall–Kier alpha value is -0.990. The highest BCUT2D eigenvalue weighted by atomic mass is 16.3. The van der Waals surface area contributed by atoms with Gasteiger partial charge in [0.15, 0.2) is 5.75 Å². The second kappa shape index (κ2) is 5.77. The molecule has 3 nitrogen and oxygen atoms in total. The van der Waals surface area contributed by atoms with Crippen LogP contribution in [-0.4, -0.2) is 14.9 Å². The van der Waals surface area contributed by atoms with Crippen LogP contribution in [0.5, 0.6) is 5.75 Å². The normalized spacial score (nSPS) is 12.4. The first-order valence-electron chi connectivity index (χ1n) is 7.06. The summed E-state index contributed by atoms with van der Waals surface area (Å²) in [6.07, 6.45) is 3.15. The SMILES string of the molecule is CCCCc1c(O)c(C(C)(C)C)nn1CC(C)C. The molecule has 104 valence electrons. The minimum absolute atomic E-state index is 0.104. The number of unbranched alkanes of at least 4 members (excludes halogenated alkanes) is 1. The maximum atomic E-state index is 10.4. The fraction of sp³-hybridized carbons (Fsp3) is 0.800. The Morgan fingerprint density at radius 2 is 1.89 bits per heavy atom. The smallest absolute Gasteiger partial charge is 0.160 e. The van der Waals surface area contributed by atoms with Gasteiger partial charge in [0, 0.05) is 12.0 Å². The zero-order valence-corrected chi connectivity index (χ0v) is 12.7. The van der Waals surface area contributed by atoms with Crippen molar-refractivity contribution in [3.05, 3.63) is 11.4 Å². The van der Waals surface area contributed by atoms with Crippen molar-refractivity contribution < 1.29 is 5.11 Å². The second-order valence-corrected chi connectivity index (χ2v) is 6.57. The molecule has 1 heterocycles. The summed E-state index contributed by atoms with van der Waals surface area (Å²) < 4.78 is 2.01. The van der Waals surface area contributed by atoms with E-state index in [1.54, 1.807) is 0 Å². The lowest BCUT2D eigenvalue weighted by molar-refractivity contribution is 0.436. The zero-order valence-electron chi connectivity index (χ0n) is 12.7. The van der Waals surface area contributed by atoms with E-state index < -0.39 is 0 Å². The summed E-state index contributed by atoms with van der Waals surface area (Å²) in [5.41, 5.74) is 1.73. The summed E-state index contributed by atoms with van der Waals surface area (Å²) in [6, 6.07) is 0. The van der Waals surface area contributed by atoms with Gasteiger partial charge >= 0.3 is 0 Å². The molecule has 0 saturated heterocycles. The van der Waals surface area contributed by atoms with Gasteiger partial charge in [-0.2, -0.15) is 5.10 Å². The topological polar surface area (TPSA) is 38.1 Å². The van der Waals surface area contributed by atoms with Crippen LogP contribution in [-0.2, 0) is 18.4 Å². The van der Waals surface area contributed by atoms with Gasteiger partial charge in [0.1, 0.15) is 5.69 Å². The van der Waals surface area contributed by atoms with E-state index in [1.807, 2.05) is 4.68 Å². The van der Waals surface area contributed by atoms with Crippen LogP contribution in [0.4, 0.5) is 0 Å². The molecule has 0 saturated carbocycles. The van der Waals surface area contributed by atoms with Crippen molar-refractivity contribution in [3.63, 3.8) is 0 Å². The summed E-state index contributed by atoms with van der Waals surface area (Å²) in [6.45, 7) is 13.7. The summed E-state index contributed by atoms with van der Waals surface area (Å²) in [4.78, 5) is 0. The van der Waals surface area contributed by atoms with Crippen LogP contribution in [0.15, 0.2) is 0 Å². The maximum absolute atomic E-state index is 10.4. The molecular weight excluding hydrogens is 224 g/mol. The Labute approximate surface area is 111 Å². The molecule has 0 unspecified atom stereocenters. The van der Waals surface area contributed by atoms with Crippen LogP contribution in [0.1, 0.15) is 65.8 Å². The third kappa shape index (κ3) is 3.50. The van der Waals surface area contributed by atoms with Crippen LogP contribution in [0.3, 0.4) is 0 Å². The van der Waals surface area contributed by atoms with Crippen LogP contribution in [0.25, 0.3) is 0 Å². The zero-order chi connectivity index (χ0) is 13.9. The summed E-state index contributed by atoms with van der Waals surface area (Å²) in [5, 5.41) is 15.0. The monoisotopic (exact) mass is 252 g/mol. The molecule has 0 spiro atoms. The first kappa shape index (κ1) is 15.1. The Bertz CT molecular complexity index is 386. The maximum Gasteiger partial charge on any atom is 0.160 e. The highest BCUT2D eigenvalue weighted by Gasteiger charge is 2.26. The van der Waals surface area contributed by atoms with E-state index >= 15 is 0 Å². The van der Waals surface area contributed by atoms with Crippen LogP contribution in [0.2, 0.25) is 0 Å². The summed E-state index contributed by atoms with van der Waals surface area (Å²) >= 11 is 0. The first-order valence-corrected chi connectivity index (χ1v) is 7.06. The molecule has 18 heavy (non-hydrogen) atoms. The van der Waals surface area contributed by atoms with Gasteiger partial charge in [-0.25, -0.2) is 0 Å². The van der Waals surface area contributed by atoms with Gasteiger partial charge in [0.25, 0.3) is 0 Å². The molecule has 0 fully saturated rings. The largest absolute Gasteiger partial charge is 0.504 e. The molecule has 1 aromatic heterocycles. The van der Waals surface area contributed by atoms with E-state index in [0.717, 1.165) is 37.2 Å². The molecule has 0 amide bonds. The van der Waals surface area contributed by atoms with E-state index in [4.69, 9.17) is 0 Å². The lowest BCUT2D eigenvalue weighted by Crippen LogP contribution is -2.14. The fourth-order valence-corrected chi connectivity index (χ4v) is 2.08. The van der Waals surface area contributed by atoms with E-state index in [-0.39, 0.29) is 5.41 Å². The van der Waals surface area contributed by atoms with Crippen LogP contribution in [0, 0.1) is 5.92 Å². The third-order valence-electron chi connectivity index (χ3n) is 3.05. The van der Waals surface area contributed by atoms with Crippen molar-refractivity contribution in [1.29, 1.82) is 0 Å². The molecule has 0 radical (unpaired) electrons. The van der Waals surface area contributed by atoms with Crippen LogP contribution >= 0.6 is 0 Å². The lowest BCUT2D eigenvalue weighted by atomic mass is 9.91. The second-order valence-electron chi connectivity index (χ2n) is 6.57. The number of hydrogen-bond acceptors (Lipinski definition) is 2. The summed E-state index contributed by atoms with van der Waals surface area (Å²) in [7, 11) is 0. The quantitative estimate of drug-likeness (QED) is 0.863. The minimum Gasteiger partial charge on any atom is -0.504 e. The average Bonchev–Trinajstić information content (AvgIpc) is 2.52. The molecule has 1 aromatic rings. The third-order valence-corrected chi connectivity index (χ3v) is 3.05. The molecule has 1 rings (SSSR count). The van der Waals surface area contributed by atoms with Gasteiger partial charge in [-0.3, -0.25) is 4.68 Å². The number of aromatic nitrogens is 2. The minimum atomic E-state index is -0.104. The molecule has 0 atom stereocenters. The van der Waals surface area contributed by atoms with Gasteiger partial charge in [0.2, 0.25) is 0 Å². The van der Waals surface area contributed by atoms with E-state index in [2.05, 4.69) is 46.6 Å². The fourth-order valence-electron chi connectivity index (χ4n) is 2.08. The number of nitrogens with zero attached hydrogens (tertiary/aromatic N) is 2. The van der Waals surface area contributed by atoms with E-state index in [0.29, 0.717) is 11.7 Å². The Morgan fingerprint density at radius 1 is 1.28 bits per heavy atom. The molecule has 0 aliphatic carbocycles. The first-order chi connectivity index (χ1) is 8.27. The molecule has 0 aromatic carbocycles. The average molecular weight is 252 g/mol. The van der Waals surface area contributed by atoms with Crippen molar-refractivity contribution in [2.24, 2.45) is 5.92 Å². The number of aromatic hydroxyl groups is 1. The molecule has 0 aliphatic rings. The summed E-state index contributed by atoms with van der Waals surface area (Å²) in [5.74, 6) is 0.953. The van der Waals surface area contributed by atoms with Crippen molar-refractivity contribution in [2.75, 3.05) is 0 Å². The van der Waals surface area contributed by atoms with Gasteiger partial charge in [-0.05, 0) is 18.8 Å². The van der Waals surface area contributed by atoms with Crippen molar-refractivity contribution in [3.8, 4) is 5.75 Å². The van der Waals surface area contributed by atoms with Crippen molar-refractivity contribution >= 4 is 0 Å². The lowest BCUT2D eigenvalue weighted by Gasteiger charge is -2.15.